The Balaban J connectivity index is 2.27. The number of hydrogen-bond acceptors (Lipinski definition) is 4. The molecule has 0 fully saturated rings. The summed E-state index contributed by atoms with van der Waals surface area (Å²) < 4.78 is 0. The molecule has 0 aromatic heterocycles. The number of rotatable bonds is 6. The van der Waals surface area contributed by atoms with Gasteiger partial charge in [0.05, 0.1) is 11.3 Å². The van der Waals surface area contributed by atoms with Crippen LogP contribution in [0.2, 0.25) is 0 Å². The highest BCUT2D eigenvalue weighted by atomic mass is 79.9. The summed E-state index contributed by atoms with van der Waals surface area (Å²) in [6.07, 6.45) is 2.31. The number of nitrogens with zero attached hydrogens (tertiary/aromatic N) is 3. The standard InChI is InChI=1S/C15H18BrN3O2/c1-11(19(20)21)7-12-8-13-3-6-18(5-2-4-16)15(13)14(9-12)10-17/h8-9,11H,2-7H2,1H3. The monoisotopic (exact) mass is 351 g/mol. The lowest BCUT2D eigenvalue weighted by Gasteiger charge is -2.20. The second-order valence-electron chi connectivity index (χ2n) is 5.38. The highest BCUT2D eigenvalue weighted by Crippen LogP contribution is 2.33. The van der Waals surface area contributed by atoms with E-state index in [0.29, 0.717) is 12.0 Å². The molecule has 1 unspecified atom stereocenters. The number of alkyl halides is 1. The van der Waals surface area contributed by atoms with Crippen molar-refractivity contribution in [3.05, 3.63) is 38.9 Å². The van der Waals surface area contributed by atoms with Crippen molar-refractivity contribution < 1.29 is 4.92 Å². The molecule has 1 aliphatic heterocycles. The third-order valence-corrected chi connectivity index (χ3v) is 4.35. The zero-order valence-corrected chi connectivity index (χ0v) is 13.6. The lowest BCUT2D eigenvalue weighted by molar-refractivity contribution is -0.517. The van der Waals surface area contributed by atoms with Crippen LogP contribution < -0.4 is 4.90 Å². The first kappa shape index (κ1) is 15.8. The van der Waals surface area contributed by atoms with Gasteiger partial charge in [0.1, 0.15) is 6.07 Å². The van der Waals surface area contributed by atoms with Gasteiger partial charge in [-0.1, -0.05) is 22.0 Å². The van der Waals surface area contributed by atoms with Gasteiger partial charge in [0.25, 0.3) is 0 Å². The van der Waals surface area contributed by atoms with Crippen LogP contribution in [-0.2, 0) is 12.8 Å². The van der Waals surface area contributed by atoms with Crippen LogP contribution in [0.15, 0.2) is 12.1 Å². The molecule has 0 amide bonds. The molecule has 2 rings (SSSR count). The van der Waals surface area contributed by atoms with Gasteiger partial charge in [0.2, 0.25) is 6.04 Å². The Labute approximate surface area is 132 Å². The molecule has 0 saturated heterocycles. The molecule has 0 radical (unpaired) electrons. The van der Waals surface area contributed by atoms with E-state index in [0.717, 1.165) is 48.1 Å². The van der Waals surface area contributed by atoms with Crippen molar-refractivity contribution in [1.82, 2.24) is 0 Å². The fraction of sp³-hybridized carbons (Fsp3) is 0.533. The Morgan fingerprint density at radius 3 is 2.95 bits per heavy atom. The van der Waals surface area contributed by atoms with Crippen LogP contribution in [0.25, 0.3) is 0 Å². The Morgan fingerprint density at radius 1 is 1.57 bits per heavy atom. The van der Waals surface area contributed by atoms with Gasteiger partial charge in [0.15, 0.2) is 0 Å². The van der Waals surface area contributed by atoms with Crippen LogP contribution in [-0.4, -0.2) is 29.4 Å². The largest absolute Gasteiger partial charge is 0.370 e. The van der Waals surface area contributed by atoms with Gasteiger partial charge in [-0.25, -0.2) is 0 Å². The van der Waals surface area contributed by atoms with Gasteiger partial charge in [-0.05, 0) is 30.0 Å². The molecule has 0 N–H and O–H groups in total. The summed E-state index contributed by atoms with van der Waals surface area (Å²) in [4.78, 5) is 12.8. The van der Waals surface area contributed by atoms with Crippen molar-refractivity contribution in [3.63, 3.8) is 0 Å². The van der Waals surface area contributed by atoms with E-state index >= 15 is 0 Å². The minimum absolute atomic E-state index is 0.276. The Bertz CT molecular complexity index is 583. The molecule has 6 heteroatoms. The first-order valence-electron chi connectivity index (χ1n) is 7.07. The lowest BCUT2D eigenvalue weighted by Crippen LogP contribution is -2.22. The number of benzene rings is 1. The fourth-order valence-corrected chi connectivity index (χ4v) is 3.04. The molecule has 21 heavy (non-hydrogen) atoms. The molecular weight excluding hydrogens is 334 g/mol. The van der Waals surface area contributed by atoms with E-state index in [1.807, 2.05) is 12.1 Å². The van der Waals surface area contributed by atoms with E-state index in [4.69, 9.17) is 0 Å². The third-order valence-electron chi connectivity index (χ3n) is 3.79. The quantitative estimate of drug-likeness (QED) is 0.448. The van der Waals surface area contributed by atoms with Gasteiger partial charge in [-0.2, -0.15) is 5.26 Å². The number of halogens is 1. The van der Waals surface area contributed by atoms with Crippen LogP contribution in [0.3, 0.4) is 0 Å². The Hall–Kier alpha value is -1.61. The summed E-state index contributed by atoms with van der Waals surface area (Å²) in [7, 11) is 0. The van der Waals surface area contributed by atoms with E-state index in [-0.39, 0.29) is 4.92 Å². The Morgan fingerprint density at radius 2 is 2.33 bits per heavy atom. The zero-order chi connectivity index (χ0) is 15.4. The van der Waals surface area contributed by atoms with Gasteiger partial charge >= 0.3 is 0 Å². The van der Waals surface area contributed by atoms with Crippen molar-refractivity contribution in [2.75, 3.05) is 23.3 Å². The smallest absolute Gasteiger partial charge is 0.214 e. The molecule has 1 aliphatic rings. The number of hydrogen-bond donors (Lipinski definition) is 0. The number of nitro groups is 1. The van der Waals surface area contributed by atoms with Gasteiger partial charge in [-0.3, -0.25) is 10.1 Å². The molecule has 0 bridgehead atoms. The lowest BCUT2D eigenvalue weighted by atomic mass is 9.99. The van der Waals surface area contributed by atoms with Gasteiger partial charge in [0, 0.05) is 36.7 Å². The first-order valence-corrected chi connectivity index (χ1v) is 8.19. The summed E-state index contributed by atoms with van der Waals surface area (Å²) in [5, 5.41) is 21.1. The van der Waals surface area contributed by atoms with Crippen molar-refractivity contribution in [2.24, 2.45) is 0 Å². The predicted octanol–water partition coefficient (Wildman–Crippen LogP) is 2.91. The third kappa shape index (κ3) is 3.53. The minimum Gasteiger partial charge on any atom is -0.370 e. The summed E-state index contributed by atoms with van der Waals surface area (Å²) in [5.74, 6) is 0. The molecule has 1 heterocycles. The van der Waals surface area contributed by atoms with Gasteiger partial charge in [-0.15, -0.1) is 0 Å². The maximum absolute atomic E-state index is 10.8. The summed E-state index contributed by atoms with van der Waals surface area (Å²) >= 11 is 3.43. The van der Waals surface area contributed by atoms with Crippen molar-refractivity contribution >= 4 is 21.6 Å². The number of fused-ring (bicyclic) bond motifs is 1. The summed E-state index contributed by atoms with van der Waals surface area (Å²) in [6.45, 7) is 3.45. The maximum atomic E-state index is 10.8. The van der Waals surface area contributed by atoms with E-state index < -0.39 is 6.04 Å². The summed E-state index contributed by atoms with van der Waals surface area (Å²) in [5.41, 5.74) is 3.70. The molecule has 1 aromatic carbocycles. The van der Waals surface area contributed by atoms with Crippen LogP contribution in [0, 0.1) is 21.4 Å². The zero-order valence-electron chi connectivity index (χ0n) is 12.0. The first-order chi connectivity index (χ1) is 10.1. The average molecular weight is 352 g/mol. The average Bonchev–Trinajstić information content (AvgIpc) is 2.87. The predicted molar refractivity (Wildman–Crippen MR) is 85.6 cm³/mol. The van der Waals surface area contributed by atoms with Crippen LogP contribution >= 0.6 is 15.9 Å². The highest BCUT2D eigenvalue weighted by molar-refractivity contribution is 9.09. The van der Waals surface area contributed by atoms with E-state index in [1.54, 1.807) is 6.92 Å². The molecule has 1 aromatic rings. The van der Waals surface area contributed by atoms with Crippen LogP contribution in [0.4, 0.5) is 5.69 Å². The minimum atomic E-state index is -0.625. The fourth-order valence-electron chi connectivity index (χ4n) is 2.78. The van der Waals surface area contributed by atoms with Crippen molar-refractivity contribution in [1.29, 1.82) is 5.26 Å². The van der Waals surface area contributed by atoms with E-state index in [2.05, 4.69) is 26.9 Å². The number of nitriles is 1. The van der Waals surface area contributed by atoms with Crippen LogP contribution in [0.1, 0.15) is 30.0 Å². The second kappa shape index (κ2) is 6.90. The van der Waals surface area contributed by atoms with Crippen LogP contribution in [0.5, 0.6) is 0 Å². The van der Waals surface area contributed by atoms with Gasteiger partial charge < -0.3 is 4.90 Å². The van der Waals surface area contributed by atoms with Crippen molar-refractivity contribution in [3.8, 4) is 6.07 Å². The SMILES string of the molecule is CC(Cc1cc(C#N)c2c(c1)CCN2CCCBr)[N+](=O)[O-]. The van der Waals surface area contributed by atoms with E-state index in [9.17, 15) is 15.4 Å². The highest BCUT2D eigenvalue weighted by Gasteiger charge is 2.24. The number of anilines is 1. The topological polar surface area (TPSA) is 70.2 Å². The van der Waals surface area contributed by atoms with Crippen molar-refractivity contribution in [2.45, 2.75) is 32.2 Å². The normalized spacial score (nSPS) is 14.6. The second-order valence-corrected chi connectivity index (χ2v) is 6.17. The molecule has 0 spiro atoms. The molecule has 0 saturated carbocycles. The molecule has 5 nitrogen and oxygen atoms in total. The Kier molecular flexibility index (Phi) is 5.18. The summed E-state index contributed by atoms with van der Waals surface area (Å²) in [6, 6.07) is 5.47. The molecular formula is C15H18BrN3O2. The van der Waals surface area contributed by atoms with E-state index in [1.165, 1.54) is 0 Å². The molecule has 0 aliphatic carbocycles. The molecule has 112 valence electrons. The molecule has 1 atom stereocenters. The maximum Gasteiger partial charge on any atom is 0.214 e.